The third-order valence-electron chi connectivity index (χ3n) is 3.42. The quantitative estimate of drug-likeness (QED) is 0.840. The molecule has 1 aliphatic heterocycles. The molecule has 3 rings (SSSR count). The summed E-state index contributed by atoms with van der Waals surface area (Å²) < 4.78 is 0. The summed E-state index contributed by atoms with van der Waals surface area (Å²) in [5.74, 6) is 0.145. The SMILES string of the molecule is Cc1nc(-c2cccc(C(=O)N3CCCC3)c2)cs1. The minimum Gasteiger partial charge on any atom is -0.339 e. The first-order chi connectivity index (χ1) is 9.24. The van der Waals surface area contributed by atoms with E-state index in [9.17, 15) is 4.79 Å². The molecular formula is C15H16N2OS. The van der Waals surface area contributed by atoms with Crippen molar-refractivity contribution in [3.05, 3.63) is 40.2 Å². The highest BCUT2D eigenvalue weighted by atomic mass is 32.1. The molecule has 0 radical (unpaired) electrons. The first-order valence-corrected chi connectivity index (χ1v) is 7.44. The van der Waals surface area contributed by atoms with Gasteiger partial charge in [0.25, 0.3) is 5.91 Å². The fraction of sp³-hybridized carbons (Fsp3) is 0.333. The Hall–Kier alpha value is -1.68. The molecule has 1 aromatic heterocycles. The Labute approximate surface area is 116 Å². The average molecular weight is 272 g/mol. The van der Waals surface area contributed by atoms with E-state index in [2.05, 4.69) is 4.98 Å². The molecule has 98 valence electrons. The van der Waals surface area contributed by atoms with Crippen LogP contribution in [0.15, 0.2) is 29.6 Å². The van der Waals surface area contributed by atoms with Crippen molar-refractivity contribution in [3.8, 4) is 11.3 Å². The second-order valence-electron chi connectivity index (χ2n) is 4.83. The molecule has 1 saturated heterocycles. The van der Waals surface area contributed by atoms with Crippen LogP contribution in [0.4, 0.5) is 0 Å². The lowest BCUT2D eigenvalue weighted by Crippen LogP contribution is -2.27. The molecule has 0 spiro atoms. The van der Waals surface area contributed by atoms with Crippen molar-refractivity contribution >= 4 is 17.2 Å². The predicted molar refractivity (Wildman–Crippen MR) is 77.4 cm³/mol. The maximum absolute atomic E-state index is 12.3. The van der Waals surface area contributed by atoms with E-state index in [4.69, 9.17) is 0 Å². The van der Waals surface area contributed by atoms with Gasteiger partial charge in [-0.2, -0.15) is 0 Å². The summed E-state index contributed by atoms with van der Waals surface area (Å²) in [7, 11) is 0. The van der Waals surface area contributed by atoms with E-state index < -0.39 is 0 Å². The summed E-state index contributed by atoms with van der Waals surface area (Å²) >= 11 is 1.63. The average Bonchev–Trinajstić information content (AvgIpc) is 3.09. The first kappa shape index (κ1) is 12.4. The number of nitrogens with zero attached hydrogens (tertiary/aromatic N) is 2. The van der Waals surface area contributed by atoms with Crippen molar-refractivity contribution in [2.75, 3.05) is 13.1 Å². The monoisotopic (exact) mass is 272 g/mol. The summed E-state index contributed by atoms with van der Waals surface area (Å²) in [5.41, 5.74) is 2.75. The summed E-state index contributed by atoms with van der Waals surface area (Å²) in [6.07, 6.45) is 2.24. The number of carbonyl (C=O) groups is 1. The molecule has 1 fully saturated rings. The summed E-state index contributed by atoms with van der Waals surface area (Å²) in [6.45, 7) is 3.77. The number of aromatic nitrogens is 1. The van der Waals surface area contributed by atoms with Gasteiger partial charge in [0.2, 0.25) is 0 Å². The van der Waals surface area contributed by atoms with Crippen LogP contribution in [-0.4, -0.2) is 28.9 Å². The number of thiazole rings is 1. The Kier molecular flexibility index (Phi) is 3.34. The molecule has 2 aromatic rings. The number of aryl methyl sites for hydroxylation is 1. The topological polar surface area (TPSA) is 33.2 Å². The molecule has 1 aliphatic rings. The van der Waals surface area contributed by atoms with Gasteiger partial charge >= 0.3 is 0 Å². The standard InChI is InChI=1S/C15H16N2OS/c1-11-16-14(10-19-11)12-5-4-6-13(9-12)15(18)17-7-2-3-8-17/h4-6,9-10H,2-3,7-8H2,1H3. The Morgan fingerprint density at radius 2 is 2.11 bits per heavy atom. The highest BCUT2D eigenvalue weighted by Crippen LogP contribution is 2.23. The number of benzene rings is 1. The van der Waals surface area contributed by atoms with Gasteiger partial charge in [0.15, 0.2) is 0 Å². The molecule has 0 aliphatic carbocycles. The van der Waals surface area contributed by atoms with Crippen molar-refractivity contribution < 1.29 is 4.79 Å². The second kappa shape index (κ2) is 5.13. The zero-order valence-corrected chi connectivity index (χ0v) is 11.7. The smallest absolute Gasteiger partial charge is 0.253 e. The van der Waals surface area contributed by atoms with Gasteiger partial charge in [-0.3, -0.25) is 4.79 Å². The number of rotatable bonds is 2. The highest BCUT2D eigenvalue weighted by molar-refractivity contribution is 7.09. The van der Waals surface area contributed by atoms with E-state index in [1.165, 1.54) is 0 Å². The molecule has 0 unspecified atom stereocenters. The van der Waals surface area contributed by atoms with Crippen LogP contribution in [0.5, 0.6) is 0 Å². The minimum absolute atomic E-state index is 0.145. The molecule has 0 saturated carbocycles. The van der Waals surface area contributed by atoms with Crippen LogP contribution in [0.1, 0.15) is 28.2 Å². The number of carbonyl (C=O) groups excluding carboxylic acids is 1. The van der Waals surface area contributed by atoms with Crippen molar-refractivity contribution in [3.63, 3.8) is 0 Å². The molecule has 0 N–H and O–H groups in total. The van der Waals surface area contributed by atoms with Crippen molar-refractivity contribution in [2.45, 2.75) is 19.8 Å². The minimum atomic E-state index is 0.145. The molecule has 1 amide bonds. The van der Waals surface area contributed by atoms with Crippen LogP contribution < -0.4 is 0 Å². The van der Waals surface area contributed by atoms with Crippen LogP contribution >= 0.6 is 11.3 Å². The van der Waals surface area contributed by atoms with Crippen molar-refractivity contribution in [1.82, 2.24) is 9.88 Å². The van der Waals surface area contributed by atoms with Crippen LogP contribution in [0.3, 0.4) is 0 Å². The van der Waals surface area contributed by atoms with E-state index in [1.807, 2.05) is 41.5 Å². The number of amides is 1. The van der Waals surface area contributed by atoms with Crippen LogP contribution in [-0.2, 0) is 0 Å². The number of hydrogen-bond acceptors (Lipinski definition) is 3. The lowest BCUT2D eigenvalue weighted by atomic mass is 10.1. The molecule has 2 heterocycles. The maximum atomic E-state index is 12.3. The Balaban J connectivity index is 1.89. The van der Waals surface area contributed by atoms with Gasteiger partial charge in [-0.15, -0.1) is 11.3 Å². The predicted octanol–water partition coefficient (Wildman–Crippen LogP) is 3.35. The Morgan fingerprint density at radius 3 is 2.79 bits per heavy atom. The lowest BCUT2D eigenvalue weighted by molar-refractivity contribution is 0.0793. The van der Waals surface area contributed by atoms with Gasteiger partial charge in [0, 0.05) is 29.6 Å². The van der Waals surface area contributed by atoms with E-state index in [0.29, 0.717) is 0 Å². The molecule has 3 nitrogen and oxygen atoms in total. The van der Waals surface area contributed by atoms with Gasteiger partial charge in [0.1, 0.15) is 0 Å². The van der Waals surface area contributed by atoms with Crippen LogP contribution in [0, 0.1) is 6.92 Å². The van der Waals surface area contributed by atoms with Crippen molar-refractivity contribution in [1.29, 1.82) is 0 Å². The molecule has 0 bridgehead atoms. The lowest BCUT2D eigenvalue weighted by Gasteiger charge is -2.15. The zero-order chi connectivity index (χ0) is 13.2. The summed E-state index contributed by atoms with van der Waals surface area (Å²) in [5, 5.41) is 3.08. The Morgan fingerprint density at radius 1 is 1.32 bits per heavy atom. The Bertz CT molecular complexity index is 600. The molecule has 0 atom stereocenters. The van der Waals surface area contributed by atoms with E-state index in [1.54, 1.807) is 11.3 Å². The van der Waals surface area contributed by atoms with E-state index in [-0.39, 0.29) is 5.91 Å². The highest BCUT2D eigenvalue weighted by Gasteiger charge is 2.19. The van der Waals surface area contributed by atoms with Gasteiger partial charge in [0.05, 0.1) is 10.7 Å². The maximum Gasteiger partial charge on any atom is 0.253 e. The van der Waals surface area contributed by atoms with E-state index in [0.717, 1.165) is 47.8 Å². The van der Waals surface area contributed by atoms with Crippen LogP contribution in [0.25, 0.3) is 11.3 Å². The second-order valence-corrected chi connectivity index (χ2v) is 5.89. The van der Waals surface area contributed by atoms with Gasteiger partial charge in [-0.25, -0.2) is 4.98 Å². The third-order valence-corrected chi connectivity index (χ3v) is 4.19. The fourth-order valence-electron chi connectivity index (χ4n) is 2.41. The van der Waals surface area contributed by atoms with Gasteiger partial charge < -0.3 is 4.90 Å². The fourth-order valence-corrected chi connectivity index (χ4v) is 3.03. The van der Waals surface area contributed by atoms with E-state index >= 15 is 0 Å². The van der Waals surface area contributed by atoms with Crippen molar-refractivity contribution in [2.24, 2.45) is 0 Å². The molecule has 19 heavy (non-hydrogen) atoms. The molecule has 1 aromatic carbocycles. The summed E-state index contributed by atoms with van der Waals surface area (Å²) in [4.78, 5) is 18.8. The normalized spacial score (nSPS) is 14.9. The molecular weight excluding hydrogens is 256 g/mol. The number of likely N-dealkylation sites (tertiary alicyclic amines) is 1. The zero-order valence-electron chi connectivity index (χ0n) is 10.9. The number of hydrogen-bond donors (Lipinski definition) is 0. The van der Waals surface area contributed by atoms with Crippen LogP contribution in [0.2, 0.25) is 0 Å². The third kappa shape index (κ3) is 2.54. The van der Waals surface area contributed by atoms with Gasteiger partial charge in [-0.1, -0.05) is 12.1 Å². The summed E-state index contributed by atoms with van der Waals surface area (Å²) in [6, 6.07) is 7.79. The molecule has 4 heteroatoms. The first-order valence-electron chi connectivity index (χ1n) is 6.56. The largest absolute Gasteiger partial charge is 0.339 e. The van der Waals surface area contributed by atoms with Gasteiger partial charge in [-0.05, 0) is 31.9 Å².